The number of aromatic nitrogens is 5. The molecule has 0 radical (unpaired) electrons. The molecule has 3 N–H and O–H groups in total. The molecule has 0 spiro atoms. The molecular weight excluding hydrogens is 460 g/mol. The van der Waals surface area contributed by atoms with Crippen molar-refractivity contribution in [2.24, 2.45) is 7.05 Å². The van der Waals surface area contributed by atoms with Gasteiger partial charge in [-0.15, -0.1) is 0 Å². The molecule has 4 rings (SSSR count). The molecule has 36 heavy (non-hydrogen) atoms. The molecule has 3 heterocycles. The van der Waals surface area contributed by atoms with E-state index in [2.05, 4.69) is 36.0 Å². The first kappa shape index (κ1) is 24.3. The van der Waals surface area contributed by atoms with E-state index in [1.807, 2.05) is 18.2 Å². The molecule has 0 saturated heterocycles. The summed E-state index contributed by atoms with van der Waals surface area (Å²) in [5, 5.41) is 13.4. The molecule has 1 amide bonds. The summed E-state index contributed by atoms with van der Waals surface area (Å²) in [6.07, 6.45) is 4.92. The largest absolute Gasteiger partial charge is 0.494 e. The number of ether oxygens (including phenoxy) is 1. The lowest BCUT2D eigenvalue weighted by atomic mass is 10.1. The van der Waals surface area contributed by atoms with E-state index in [0.717, 1.165) is 0 Å². The van der Waals surface area contributed by atoms with E-state index in [1.54, 1.807) is 57.3 Å². The van der Waals surface area contributed by atoms with Crippen LogP contribution in [-0.2, 0) is 7.05 Å². The van der Waals surface area contributed by atoms with E-state index in [4.69, 9.17) is 4.74 Å². The number of hydrogen-bond acceptors (Lipinski definition) is 9. The van der Waals surface area contributed by atoms with Gasteiger partial charge >= 0.3 is 0 Å². The van der Waals surface area contributed by atoms with Crippen molar-refractivity contribution in [3.8, 4) is 17.1 Å². The molecule has 11 nitrogen and oxygen atoms in total. The minimum Gasteiger partial charge on any atom is -0.494 e. The number of hydrogen-bond donors (Lipinski definition) is 3. The Balaban J connectivity index is 1.68. The summed E-state index contributed by atoms with van der Waals surface area (Å²) in [4.78, 5) is 37.4. The van der Waals surface area contributed by atoms with E-state index < -0.39 is 0 Å². The van der Waals surface area contributed by atoms with Gasteiger partial charge in [0.05, 0.1) is 35.2 Å². The predicted molar refractivity (Wildman–Crippen MR) is 136 cm³/mol. The standard InChI is InChI=1S/C25H26N8O3/c1-5-20(34)17-13-28-22(31-21-10-9-15(12-27-21)25(35)26-2)11-19(17)30-18-8-6-7-16(23(18)36-4)24-29-14-33(3)32-24/h6-14H,5H2,1-4H3,(H,26,35)(H2,27,28,30,31). The van der Waals surface area contributed by atoms with Gasteiger partial charge in [0, 0.05) is 39.0 Å². The van der Waals surface area contributed by atoms with Crippen molar-refractivity contribution < 1.29 is 14.3 Å². The maximum atomic E-state index is 12.7. The van der Waals surface area contributed by atoms with Gasteiger partial charge in [0.2, 0.25) is 0 Å². The van der Waals surface area contributed by atoms with Crippen LogP contribution in [0.1, 0.15) is 34.1 Å². The lowest BCUT2D eigenvalue weighted by Crippen LogP contribution is -2.17. The first-order valence-electron chi connectivity index (χ1n) is 11.2. The zero-order valence-corrected chi connectivity index (χ0v) is 20.4. The number of benzene rings is 1. The van der Waals surface area contributed by atoms with Gasteiger partial charge in [0.25, 0.3) is 5.91 Å². The van der Waals surface area contributed by atoms with Crippen LogP contribution < -0.4 is 20.7 Å². The van der Waals surface area contributed by atoms with Gasteiger partial charge in [-0.3, -0.25) is 14.3 Å². The molecule has 11 heteroatoms. The van der Waals surface area contributed by atoms with Crippen molar-refractivity contribution >= 4 is 34.7 Å². The Morgan fingerprint density at radius 3 is 2.44 bits per heavy atom. The molecule has 0 aliphatic carbocycles. The summed E-state index contributed by atoms with van der Waals surface area (Å²) in [6.45, 7) is 1.80. The second-order valence-electron chi connectivity index (χ2n) is 7.78. The Bertz CT molecular complexity index is 1400. The average Bonchev–Trinajstić information content (AvgIpc) is 3.34. The summed E-state index contributed by atoms with van der Waals surface area (Å²) >= 11 is 0. The smallest absolute Gasteiger partial charge is 0.252 e. The number of carbonyl (C=O) groups is 2. The molecule has 184 valence electrons. The highest BCUT2D eigenvalue weighted by atomic mass is 16.5. The van der Waals surface area contributed by atoms with Crippen molar-refractivity contribution in [1.82, 2.24) is 30.0 Å². The third kappa shape index (κ3) is 5.14. The molecule has 0 aliphatic heterocycles. The average molecular weight is 487 g/mol. The van der Waals surface area contributed by atoms with Gasteiger partial charge in [0.15, 0.2) is 17.4 Å². The van der Waals surface area contributed by atoms with Gasteiger partial charge in [-0.1, -0.05) is 13.0 Å². The first-order chi connectivity index (χ1) is 17.4. The van der Waals surface area contributed by atoms with Crippen LogP contribution in [0.5, 0.6) is 5.75 Å². The van der Waals surface area contributed by atoms with Crippen molar-refractivity contribution in [2.45, 2.75) is 13.3 Å². The van der Waals surface area contributed by atoms with Crippen LogP contribution in [0, 0.1) is 0 Å². The third-order valence-electron chi connectivity index (χ3n) is 5.36. The second-order valence-corrected chi connectivity index (χ2v) is 7.78. The second kappa shape index (κ2) is 10.6. The van der Waals surface area contributed by atoms with Crippen LogP contribution in [-0.4, -0.2) is 50.6 Å². The number of anilines is 4. The minimum absolute atomic E-state index is 0.0638. The number of pyridine rings is 2. The molecule has 1 aromatic carbocycles. The van der Waals surface area contributed by atoms with Crippen LogP contribution in [0.3, 0.4) is 0 Å². The monoisotopic (exact) mass is 486 g/mol. The highest BCUT2D eigenvalue weighted by molar-refractivity contribution is 6.02. The Kier molecular flexibility index (Phi) is 7.19. The van der Waals surface area contributed by atoms with Gasteiger partial charge in [-0.05, 0) is 24.3 Å². The Morgan fingerprint density at radius 1 is 1.00 bits per heavy atom. The van der Waals surface area contributed by atoms with Crippen LogP contribution in [0.25, 0.3) is 11.4 Å². The zero-order valence-electron chi connectivity index (χ0n) is 20.4. The quantitative estimate of drug-likeness (QED) is 0.302. The van der Waals surface area contributed by atoms with Gasteiger partial charge in [0.1, 0.15) is 18.0 Å². The molecule has 0 fully saturated rings. The molecule has 0 aliphatic rings. The summed E-state index contributed by atoms with van der Waals surface area (Å²) in [5.41, 5.74) is 2.77. The van der Waals surface area contributed by atoms with Crippen molar-refractivity contribution in [2.75, 3.05) is 24.8 Å². The van der Waals surface area contributed by atoms with Crippen LogP contribution in [0.4, 0.5) is 23.0 Å². The van der Waals surface area contributed by atoms with E-state index in [9.17, 15) is 9.59 Å². The predicted octanol–water partition coefficient (Wildman–Crippen LogP) is 3.72. The van der Waals surface area contributed by atoms with E-state index in [1.165, 1.54) is 12.4 Å². The van der Waals surface area contributed by atoms with Gasteiger partial charge < -0.3 is 20.7 Å². The highest BCUT2D eigenvalue weighted by Gasteiger charge is 2.18. The fraction of sp³-hybridized carbons (Fsp3) is 0.200. The SMILES string of the molecule is CCC(=O)c1cnc(Nc2ccc(C(=O)NC)cn2)cc1Nc1cccc(-c2ncn(C)n2)c1OC. The van der Waals surface area contributed by atoms with Crippen molar-refractivity contribution in [3.05, 3.63) is 66.2 Å². The first-order valence-corrected chi connectivity index (χ1v) is 11.2. The number of nitrogens with one attached hydrogen (secondary N) is 3. The van der Waals surface area contributed by atoms with Gasteiger partial charge in [-0.25, -0.2) is 15.0 Å². The topological polar surface area (TPSA) is 136 Å². The van der Waals surface area contributed by atoms with E-state index >= 15 is 0 Å². The number of Topliss-reactive ketones (excluding diaryl/α,β-unsaturated/α-hetero) is 1. The maximum Gasteiger partial charge on any atom is 0.252 e. The zero-order chi connectivity index (χ0) is 25.7. The Hall–Kier alpha value is -4.80. The molecular formula is C25H26N8O3. The summed E-state index contributed by atoms with van der Waals surface area (Å²) < 4.78 is 7.31. The number of carbonyl (C=O) groups excluding carboxylic acids is 2. The number of ketones is 1. The maximum absolute atomic E-state index is 12.7. The number of nitrogens with zero attached hydrogens (tertiary/aromatic N) is 5. The molecule has 4 aromatic rings. The normalized spacial score (nSPS) is 10.6. The number of methoxy groups -OCH3 is 1. The highest BCUT2D eigenvalue weighted by Crippen LogP contribution is 2.37. The molecule has 0 atom stereocenters. The number of rotatable bonds is 9. The fourth-order valence-electron chi connectivity index (χ4n) is 3.56. The molecule has 0 saturated carbocycles. The molecule has 0 unspecified atom stereocenters. The van der Waals surface area contributed by atoms with Crippen LogP contribution in [0.15, 0.2) is 55.1 Å². The summed E-state index contributed by atoms with van der Waals surface area (Å²) in [7, 11) is 4.92. The number of amides is 1. The summed E-state index contributed by atoms with van der Waals surface area (Å²) in [5.74, 6) is 1.73. The Morgan fingerprint density at radius 2 is 1.81 bits per heavy atom. The van der Waals surface area contributed by atoms with Crippen LogP contribution in [0.2, 0.25) is 0 Å². The van der Waals surface area contributed by atoms with Crippen molar-refractivity contribution in [3.63, 3.8) is 0 Å². The third-order valence-corrected chi connectivity index (χ3v) is 5.36. The lowest BCUT2D eigenvalue weighted by molar-refractivity contribution is 0.0960. The van der Waals surface area contributed by atoms with E-state index in [-0.39, 0.29) is 11.7 Å². The van der Waals surface area contributed by atoms with Crippen molar-refractivity contribution in [1.29, 1.82) is 0 Å². The molecule has 0 bridgehead atoms. The number of aryl methyl sites for hydroxylation is 1. The summed E-state index contributed by atoms with van der Waals surface area (Å²) in [6, 6.07) is 10.6. The van der Waals surface area contributed by atoms with Gasteiger partial charge in [-0.2, -0.15) is 5.10 Å². The number of para-hydroxylation sites is 1. The van der Waals surface area contributed by atoms with E-state index in [0.29, 0.717) is 57.7 Å². The molecule has 3 aromatic heterocycles. The Labute approximate surface area is 208 Å². The fourth-order valence-corrected chi connectivity index (χ4v) is 3.56. The van der Waals surface area contributed by atoms with Crippen LogP contribution >= 0.6 is 0 Å². The lowest BCUT2D eigenvalue weighted by Gasteiger charge is -2.17. The minimum atomic E-state index is -0.224.